The zero-order chi connectivity index (χ0) is 28.4. The molecule has 0 aliphatic carbocycles. The number of nitrogens with zero attached hydrogens (tertiary/aromatic N) is 4. The minimum atomic E-state index is -3.75. The van der Waals surface area contributed by atoms with Crippen molar-refractivity contribution < 1.29 is 22.6 Å². The number of nitro benzene ring substituents is 1. The Morgan fingerprint density at radius 2 is 1.57 bits per heavy atom. The highest BCUT2D eigenvalue weighted by Crippen LogP contribution is 2.28. The highest BCUT2D eigenvalue weighted by atomic mass is 32.2. The van der Waals surface area contributed by atoms with Crippen LogP contribution < -0.4 is 9.80 Å². The van der Waals surface area contributed by atoms with Gasteiger partial charge in [-0.15, -0.1) is 0 Å². The van der Waals surface area contributed by atoms with E-state index in [0.717, 1.165) is 29.9 Å². The summed E-state index contributed by atoms with van der Waals surface area (Å²) in [5, 5.41) is 11.7. The van der Waals surface area contributed by atoms with Crippen molar-refractivity contribution in [1.29, 1.82) is 0 Å². The van der Waals surface area contributed by atoms with Crippen LogP contribution in [0.3, 0.4) is 0 Å². The lowest BCUT2D eigenvalue weighted by molar-refractivity contribution is -0.384. The molecule has 0 N–H and O–H groups in total. The average Bonchev–Trinajstić information content (AvgIpc) is 3.41. The van der Waals surface area contributed by atoms with Gasteiger partial charge in [0.1, 0.15) is 5.58 Å². The van der Waals surface area contributed by atoms with Crippen molar-refractivity contribution in [3.8, 4) is 0 Å². The maximum absolute atomic E-state index is 13.2. The predicted molar refractivity (Wildman–Crippen MR) is 154 cm³/mol. The van der Waals surface area contributed by atoms with Gasteiger partial charge in [0.05, 0.1) is 9.82 Å². The minimum Gasteiger partial charge on any atom is -0.452 e. The number of hydrogen-bond acceptors (Lipinski definition) is 8. The highest BCUT2D eigenvalue weighted by molar-refractivity contribution is 7.89. The first-order chi connectivity index (χ1) is 19.2. The summed E-state index contributed by atoms with van der Waals surface area (Å²) in [5.74, 6) is 0.0793. The summed E-state index contributed by atoms with van der Waals surface area (Å²) in [6.07, 6.45) is 0. The number of furan rings is 1. The Bertz CT molecular complexity index is 1640. The third-order valence-electron chi connectivity index (χ3n) is 7.27. The molecule has 1 saturated heterocycles. The lowest BCUT2D eigenvalue weighted by Crippen LogP contribution is -2.48. The number of anilines is 2. The predicted octanol–water partition coefficient (Wildman–Crippen LogP) is 4.93. The second-order valence-electron chi connectivity index (χ2n) is 9.52. The number of carbonyl (C=O) groups excluding carboxylic acids is 1. The van der Waals surface area contributed by atoms with Gasteiger partial charge in [-0.05, 0) is 68.4 Å². The first-order valence-electron chi connectivity index (χ1n) is 13.1. The molecule has 0 unspecified atom stereocenters. The van der Waals surface area contributed by atoms with Crippen LogP contribution in [0.5, 0.6) is 0 Å². The Labute approximate surface area is 232 Å². The van der Waals surface area contributed by atoms with Crippen LogP contribution >= 0.6 is 0 Å². The fourth-order valence-corrected chi connectivity index (χ4v) is 6.38. The van der Waals surface area contributed by atoms with Gasteiger partial charge in [-0.25, -0.2) is 8.42 Å². The Morgan fingerprint density at radius 3 is 2.17 bits per heavy atom. The third kappa shape index (κ3) is 5.30. The maximum Gasteiger partial charge on any atom is 0.269 e. The Balaban J connectivity index is 1.24. The minimum absolute atomic E-state index is 0.0317. The van der Waals surface area contributed by atoms with Crippen LogP contribution in [0.15, 0.2) is 82.1 Å². The van der Waals surface area contributed by atoms with Gasteiger partial charge >= 0.3 is 0 Å². The van der Waals surface area contributed by atoms with Crippen molar-refractivity contribution in [3.63, 3.8) is 0 Å². The van der Waals surface area contributed by atoms with Crippen LogP contribution in [0, 0.1) is 10.1 Å². The summed E-state index contributed by atoms with van der Waals surface area (Å²) in [6, 6.07) is 19.9. The molecule has 3 aromatic carbocycles. The monoisotopic (exact) mass is 562 g/mol. The second kappa shape index (κ2) is 11.1. The number of fused-ring (bicyclic) bond motifs is 1. The molecule has 1 aromatic heterocycles. The number of non-ortho nitro benzene ring substituents is 1. The van der Waals surface area contributed by atoms with E-state index >= 15 is 0 Å². The summed E-state index contributed by atoms with van der Waals surface area (Å²) >= 11 is 0. The van der Waals surface area contributed by atoms with Crippen molar-refractivity contribution in [2.75, 3.05) is 49.1 Å². The van der Waals surface area contributed by atoms with E-state index in [1.807, 2.05) is 30.3 Å². The van der Waals surface area contributed by atoms with Gasteiger partial charge in [0.25, 0.3) is 5.69 Å². The van der Waals surface area contributed by atoms with Gasteiger partial charge in [0, 0.05) is 79.8 Å². The first kappa shape index (κ1) is 27.4. The molecule has 5 rings (SSSR count). The van der Waals surface area contributed by atoms with Gasteiger partial charge in [-0.3, -0.25) is 14.9 Å². The molecule has 11 heteroatoms. The van der Waals surface area contributed by atoms with E-state index in [4.69, 9.17) is 4.42 Å². The standard InChI is InChI=1S/C29H30N4O6S/c1-3-30(4-2)25-10-7-22-19-28(39-27(22)20-25)29(34)21-5-8-23(9-6-21)31-15-17-32(18-16-31)40(37,38)26-13-11-24(12-14-26)33(35)36/h5-14,19-20H,3-4,15-18H2,1-2H3. The molecule has 0 bridgehead atoms. The molecule has 4 aromatic rings. The molecular formula is C29H30N4O6S. The van der Waals surface area contributed by atoms with Gasteiger partial charge < -0.3 is 14.2 Å². The summed E-state index contributed by atoms with van der Waals surface area (Å²) < 4.78 is 33.3. The van der Waals surface area contributed by atoms with E-state index in [1.165, 1.54) is 28.6 Å². The van der Waals surface area contributed by atoms with Gasteiger partial charge in [0.2, 0.25) is 15.8 Å². The van der Waals surface area contributed by atoms with Gasteiger partial charge in [-0.2, -0.15) is 4.31 Å². The van der Waals surface area contributed by atoms with Crippen molar-refractivity contribution >= 4 is 43.8 Å². The molecule has 0 spiro atoms. The number of benzene rings is 3. The first-order valence-corrected chi connectivity index (χ1v) is 14.6. The van der Waals surface area contributed by atoms with E-state index in [0.29, 0.717) is 24.2 Å². The van der Waals surface area contributed by atoms with Crippen LogP contribution in [-0.2, 0) is 10.0 Å². The number of piperazine rings is 1. The highest BCUT2D eigenvalue weighted by Gasteiger charge is 2.29. The summed E-state index contributed by atoms with van der Waals surface area (Å²) in [7, 11) is -3.75. The lowest BCUT2D eigenvalue weighted by Gasteiger charge is -2.35. The van der Waals surface area contributed by atoms with Crippen molar-refractivity contribution in [2.45, 2.75) is 18.7 Å². The molecule has 0 saturated carbocycles. The topological polar surface area (TPSA) is 117 Å². The molecule has 0 atom stereocenters. The molecular weight excluding hydrogens is 532 g/mol. The van der Waals surface area contributed by atoms with Crippen LogP contribution in [0.2, 0.25) is 0 Å². The summed E-state index contributed by atoms with van der Waals surface area (Å²) in [5.41, 5.74) is 2.96. The number of rotatable bonds is 9. The van der Waals surface area contributed by atoms with Crippen molar-refractivity contribution in [2.24, 2.45) is 0 Å². The third-order valence-corrected chi connectivity index (χ3v) is 9.19. The molecule has 10 nitrogen and oxygen atoms in total. The van der Waals surface area contributed by atoms with Crippen molar-refractivity contribution in [1.82, 2.24) is 4.31 Å². The van der Waals surface area contributed by atoms with E-state index in [-0.39, 0.29) is 35.2 Å². The van der Waals surface area contributed by atoms with Crippen LogP contribution in [0.25, 0.3) is 11.0 Å². The smallest absolute Gasteiger partial charge is 0.269 e. The van der Waals surface area contributed by atoms with Crippen LogP contribution in [-0.4, -0.2) is 62.7 Å². The number of carbonyl (C=O) groups is 1. The molecule has 2 heterocycles. The Kier molecular flexibility index (Phi) is 7.59. The van der Waals surface area contributed by atoms with Crippen molar-refractivity contribution in [3.05, 3.63) is 94.2 Å². The van der Waals surface area contributed by atoms with E-state index in [1.54, 1.807) is 18.2 Å². The average molecular weight is 563 g/mol. The maximum atomic E-state index is 13.2. The molecule has 1 aliphatic rings. The molecule has 0 radical (unpaired) electrons. The zero-order valence-electron chi connectivity index (χ0n) is 22.3. The molecule has 208 valence electrons. The zero-order valence-corrected chi connectivity index (χ0v) is 23.1. The fraction of sp³-hybridized carbons (Fsp3) is 0.276. The number of nitro groups is 1. The Hall–Kier alpha value is -4.22. The van der Waals surface area contributed by atoms with Gasteiger partial charge in [0.15, 0.2) is 5.76 Å². The molecule has 1 aliphatic heterocycles. The fourth-order valence-electron chi connectivity index (χ4n) is 4.96. The Morgan fingerprint density at radius 1 is 0.925 bits per heavy atom. The van der Waals surface area contributed by atoms with E-state index in [2.05, 4.69) is 23.6 Å². The van der Waals surface area contributed by atoms with E-state index in [9.17, 15) is 23.3 Å². The van der Waals surface area contributed by atoms with Gasteiger partial charge in [-0.1, -0.05) is 0 Å². The quantitative estimate of drug-likeness (QED) is 0.160. The molecule has 0 amide bonds. The number of ketones is 1. The second-order valence-corrected chi connectivity index (χ2v) is 11.5. The molecule has 1 fully saturated rings. The van der Waals surface area contributed by atoms with E-state index < -0.39 is 14.9 Å². The summed E-state index contributed by atoms with van der Waals surface area (Å²) in [6.45, 7) is 7.44. The lowest BCUT2D eigenvalue weighted by atomic mass is 10.1. The van der Waals surface area contributed by atoms with Crippen LogP contribution in [0.1, 0.15) is 30.0 Å². The molecule has 40 heavy (non-hydrogen) atoms. The number of hydrogen-bond donors (Lipinski definition) is 0. The largest absolute Gasteiger partial charge is 0.452 e. The van der Waals surface area contributed by atoms with Crippen LogP contribution in [0.4, 0.5) is 17.1 Å². The number of sulfonamides is 1. The normalized spacial score (nSPS) is 14.4. The SMILES string of the molecule is CCN(CC)c1ccc2cc(C(=O)c3ccc(N4CCN(S(=O)(=O)c5ccc([N+](=O)[O-])cc5)CC4)cc3)oc2c1. The summed E-state index contributed by atoms with van der Waals surface area (Å²) in [4.78, 5) is 27.8.